The number of rotatable bonds is 4. The van der Waals surface area contributed by atoms with E-state index in [1.54, 1.807) is 31.4 Å². The van der Waals surface area contributed by atoms with E-state index in [4.69, 9.17) is 14.0 Å². The smallest absolute Gasteiger partial charge is 0.407 e. The van der Waals surface area contributed by atoms with Gasteiger partial charge in [0.2, 0.25) is 0 Å². The molecule has 0 bridgehead atoms. The molecule has 126 valence electrons. The van der Waals surface area contributed by atoms with Crippen LogP contribution in [0.3, 0.4) is 0 Å². The SMILES string of the molecule is COCC1COB(c2ccc(-c3cc(F)c(F)c(F)c3)cc2)OC1. The molecule has 0 amide bonds. The Morgan fingerprint density at radius 1 is 1.00 bits per heavy atom. The van der Waals surface area contributed by atoms with Crippen molar-refractivity contribution >= 4 is 12.6 Å². The molecule has 3 nitrogen and oxygen atoms in total. The van der Waals surface area contributed by atoms with Gasteiger partial charge in [0.1, 0.15) is 0 Å². The van der Waals surface area contributed by atoms with E-state index >= 15 is 0 Å². The van der Waals surface area contributed by atoms with Crippen molar-refractivity contribution in [1.82, 2.24) is 0 Å². The lowest BCUT2D eigenvalue weighted by Crippen LogP contribution is -2.45. The van der Waals surface area contributed by atoms with Crippen LogP contribution in [0.15, 0.2) is 36.4 Å². The molecule has 0 atom stereocenters. The van der Waals surface area contributed by atoms with Crippen molar-refractivity contribution in [2.45, 2.75) is 0 Å². The quantitative estimate of drug-likeness (QED) is 0.635. The van der Waals surface area contributed by atoms with E-state index in [1.807, 2.05) is 0 Å². The fourth-order valence-electron chi connectivity index (χ4n) is 2.62. The van der Waals surface area contributed by atoms with Gasteiger partial charge in [0.05, 0.1) is 6.61 Å². The van der Waals surface area contributed by atoms with Gasteiger partial charge in [-0.25, -0.2) is 13.2 Å². The average molecular weight is 336 g/mol. The molecule has 0 spiro atoms. The number of hydrogen-bond donors (Lipinski definition) is 0. The first-order chi connectivity index (χ1) is 11.6. The van der Waals surface area contributed by atoms with Gasteiger partial charge in [-0.05, 0) is 28.7 Å². The minimum absolute atomic E-state index is 0.204. The lowest BCUT2D eigenvalue weighted by molar-refractivity contribution is 0.0364. The second-order valence-electron chi connectivity index (χ2n) is 5.70. The highest BCUT2D eigenvalue weighted by Gasteiger charge is 2.29. The van der Waals surface area contributed by atoms with Gasteiger partial charge in [-0.15, -0.1) is 0 Å². The molecule has 2 aromatic carbocycles. The van der Waals surface area contributed by atoms with Gasteiger partial charge in [-0.3, -0.25) is 0 Å². The molecule has 0 radical (unpaired) electrons. The maximum absolute atomic E-state index is 13.3. The highest BCUT2D eigenvalue weighted by Crippen LogP contribution is 2.23. The minimum Gasteiger partial charge on any atom is -0.407 e. The molecule has 1 heterocycles. The second-order valence-corrected chi connectivity index (χ2v) is 5.70. The van der Waals surface area contributed by atoms with Crippen molar-refractivity contribution in [3.63, 3.8) is 0 Å². The number of hydrogen-bond acceptors (Lipinski definition) is 3. The molecule has 0 aromatic heterocycles. The predicted octanol–water partition coefficient (Wildman–Crippen LogP) is 2.78. The Morgan fingerprint density at radius 3 is 2.12 bits per heavy atom. The summed E-state index contributed by atoms with van der Waals surface area (Å²) in [4.78, 5) is 0. The van der Waals surface area contributed by atoms with E-state index < -0.39 is 24.6 Å². The molecule has 0 aliphatic carbocycles. The van der Waals surface area contributed by atoms with Crippen molar-refractivity contribution in [2.75, 3.05) is 26.9 Å². The maximum atomic E-state index is 13.3. The zero-order valence-corrected chi connectivity index (χ0v) is 13.1. The summed E-state index contributed by atoms with van der Waals surface area (Å²) in [5, 5.41) is 0. The summed E-state index contributed by atoms with van der Waals surface area (Å²) in [5.41, 5.74) is 1.64. The average Bonchev–Trinajstić information content (AvgIpc) is 2.60. The topological polar surface area (TPSA) is 27.7 Å². The van der Waals surface area contributed by atoms with E-state index in [-0.39, 0.29) is 11.5 Å². The van der Waals surface area contributed by atoms with Crippen LogP contribution in [-0.2, 0) is 14.0 Å². The van der Waals surface area contributed by atoms with Gasteiger partial charge >= 0.3 is 7.12 Å². The summed E-state index contributed by atoms with van der Waals surface area (Å²) >= 11 is 0. The molecule has 2 aromatic rings. The van der Waals surface area contributed by atoms with Crippen molar-refractivity contribution in [2.24, 2.45) is 5.92 Å². The Labute approximate surface area is 138 Å². The molecule has 24 heavy (non-hydrogen) atoms. The zero-order valence-electron chi connectivity index (χ0n) is 13.1. The lowest BCUT2D eigenvalue weighted by Gasteiger charge is -2.27. The van der Waals surface area contributed by atoms with Crippen LogP contribution in [0.1, 0.15) is 0 Å². The van der Waals surface area contributed by atoms with Gasteiger partial charge in [0.15, 0.2) is 17.5 Å². The summed E-state index contributed by atoms with van der Waals surface area (Å²) in [7, 11) is 1.15. The predicted molar refractivity (Wildman–Crippen MR) is 84.4 cm³/mol. The molecule has 0 unspecified atom stereocenters. The van der Waals surface area contributed by atoms with Crippen LogP contribution < -0.4 is 5.46 Å². The number of halogens is 3. The highest BCUT2D eigenvalue weighted by atomic mass is 19.2. The first-order valence-electron chi connectivity index (χ1n) is 7.55. The molecule has 7 heteroatoms. The van der Waals surface area contributed by atoms with Crippen molar-refractivity contribution < 1.29 is 27.2 Å². The first-order valence-corrected chi connectivity index (χ1v) is 7.55. The number of benzene rings is 2. The molecule has 1 aliphatic rings. The molecule has 0 N–H and O–H groups in total. The molecule has 1 saturated heterocycles. The molecule has 3 rings (SSSR count). The first kappa shape index (κ1) is 17.0. The third-order valence-electron chi connectivity index (χ3n) is 3.87. The highest BCUT2D eigenvalue weighted by molar-refractivity contribution is 6.61. The van der Waals surface area contributed by atoms with Crippen LogP contribution in [0.5, 0.6) is 0 Å². The largest absolute Gasteiger partial charge is 0.493 e. The van der Waals surface area contributed by atoms with Crippen molar-refractivity contribution in [1.29, 1.82) is 0 Å². The zero-order chi connectivity index (χ0) is 17.1. The van der Waals surface area contributed by atoms with E-state index in [0.29, 0.717) is 25.4 Å². The fraction of sp³-hybridized carbons (Fsp3) is 0.294. The van der Waals surface area contributed by atoms with Crippen LogP contribution in [0.25, 0.3) is 11.1 Å². The Morgan fingerprint density at radius 2 is 1.58 bits per heavy atom. The normalized spacial score (nSPS) is 15.8. The van der Waals surface area contributed by atoms with Crippen LogP contribution in [0.2, 0.25) is 0 Å². The molecule has 1 fully saturated rings. The van der Waals surface area contributed by atoms with Crippen LogP contribution >= 0.6 is 0 Å². The Bertz CT molecular complexity index is 678. The van der Waals surface area contributed by atoms with Gasteiger partial charge in [-0.1, -0.05) is 24.3 Å². The summed E-state index contributed by atoms with van der Waals surface area (Å²) in [6, 6.07) is 8.84. The molecular formula is C17H16BF3O3. The molecular weight excluding hydrogens is 320 g/mol. The van der Waals surface area contributed by atoms with E-state index in [2.05, 4.69) is 0 Å². The van der Waals surface area contributed by atoms with Crippen LogP contribution in [0.4, 0.5) is 13.2 Å². The van der Waals surface area contributed by atoms with Crippen LogP contribution in [0, 0.1) is 23.4 Å². The Balaban J connectivity index is 1.72. The van der Waals surface area contributed by atoms with E-state index in [1.165, 1.54) is 0 Å². The molecule has 1 aliphatic heterocycles. The van der Waals surface area contributed by atoms with Gasteiger partial charge < -0.3 is 14.0 Å². The van der Waals surface area contributed by atoms with Crippen molar-refractivity contribution in [3.8, 4) is 11.1 Å². The molecule has 0 saturated carbocycles. The third-order valence-corrected chi connectivity index (χ3v) is 3.87. The summed E-state index contributed by atoms with van der Waals surface area (Å²) in [6.07, 6.45) is 0. The maximum Gasteiger partial charge on any atom is 0.493 e. The van der Waals surface area contributed by atoms with E-state index in [0.717, 1.165) is 17.6 Å². The van der Waals surface area contributed by atoms with Crippen LogP contribution in [-0.4, -0.2) is 34.0 Å². The minimum atomic E-state index is -1.47. The third kappa shape index (κ3) is 3.63. The van der Waals surface area contributed by atoms with Crippen molar-refractivity contribution in [3.05, 3.63) is 53.8 Å². The number of methoxy groups -OCH3 is 1. The van der Waals surface area contributed by atoms with E-state index in [9.17, 15) is 13.2 Å². The van der Waals surface area contributed by atoms with Gasteiger partial charge in [-0.2, -0.15) is 0 Å². The Hall–Kier alpha value is -1.83. The van der Waals surface area contributed by atoms with Gasteiger partial charge in [0.25, 0.3) is 0 Å². The summed E-state index contributed by atoms with van der Waals surface area (Å²) in [5.74, 6) is -3.69. The number of ether oxygens (including phenoxy) is 1. The monoisotopic (exact) mass is 336 g/mol. The Kier molecular flexibility index (Phi) is 5.23. The van der Waals surface area contributed by atoms with Gasteiger partial charge in [0, 0.05) is 26.2 Å². The summed E-state index contributed by atoms with van der Waals surface area (Å²) < 4.78 is 56.1. The fourth-order valence-corrected chi connectivity index (χ4v) is 2.62. The second kappa shape index (κ2) is 7.38. The lowest BCUT2D eigenvalue weighted by atomic mass is 9.77. The standard InChI is InChI=1S/C17H16BF3O3/c1-22-8-11-9-23-18(24-10-11)14-4-2-12(3-5-14)13-6-15(19)17(21)16(20)7-13/h2-7,11H,8-10H2,1H3. The summed E-state index contributed by atoms with van der Waals surface area (Å²) in [6.45, 7) is 1.65.